The van der Waals surface area contributed by atoms with Crippen LogP contribution in [0.2, 0.25) is 0 Å². The number of likely N-dealkylation sites (N-methyl/N-ethyl adjacent to an activating group) is 1. The Morgan fingerprint density at radius 3 is 2.58 bits per heavy atom. The second-order valence-corrected chi connectivity index (χ2v) is 4.49. The van der Waals surface area contributed by atoms with Gasteiger partial charge in [-0.05, 0) is 36.8 Å². The molecule has 0 aliphatic heterocycles. The summed E-state index contributed by atoms with van der Waals surface area (Å²) in [6.07, 6.45) is 3.34. The minimum atomic E-state index is -0.235. The first-order chi connectivity index (χ1) is 9.09. The van der Waals surface area contributed by atoms with Crippen molar-refractivity contribution in [2.24, 2.45) is 0 Å². The molecule has 0 bridgehead atoms. The fourth-order valence-electron chi connectivity index (χ4n) is 1.96. The Morgan fingerprint density at radius 2 is 1.95 bits per heavy atom. The summed E-state index contributed by atoms with van der Waals surface area (Å²) < 4.78 is 0. The van der Waals surface area contributed by atoms with E-state index in [-0.39, 0.29) is 11.8 Å². The number of nitrogens with zero attached hydrogens (tertiary/aromatic N) is 2. The molecule has 0 spiro atoms. The highest BCUT2D eigenvalue weighted by Gasteiger charge is 2.20. The van der Waals surface area contributed by atoms with Crippen LogP contribution in [0.5, 0.6) is 0 Å². The van der Waals surface area contributed by atoms with Crippen molar-refractivity contribution < 1.29 is 4.79 Å². The topological polar surface area (TPSA) is 59.2 Å². The van der Waals surface area contributed by atoms with Gasteiger partial charge in [0.15, 0.2) is 0 Å². The molecule has 1 aromatic heterocycles. The van der Waals surface area contributed by atoms with Crippen molar-refractivity contribution in [3.63, 3.8) is 0 Å². The van der Waals surface area contributed by atoms with E-state index >= 15 is 0 Å². The van der Waals surface area contributed by atoms with Crippen LogP contribution in [0, 0.1) is 0 Å². The van der Waals surface area contributed by atoms with Crippen molar-refractivity contribution >= 4 is 17.3 Å². The Labute approximate surface area is 112 Å². The number of hydrogen-bond donors (Lipinski definition) is 1. The monoisotopic (exact) mass is 255 g/mol. The van der Waals surface area contributed by atoms with Crippen LogP contribution in [-0.4, -0.2) is 17.9 Å². The first-order valence-corrected chi connectivity index (χ1v) is 6.12. The molecule has 98 valence electrons. The van der Waals surface area contributed by atoms with Crippen molar-refractivity contribution in [3.8, 4) is 0 Å². The zero-order valence-electron chi connectivity index (χ0n) is 11.1. The van der Waals surface area contributed by atoms with Crippen LogP contribution in [0.1, 0.15) is 18.4 Å². The van der Waals surface area contributed by atoms with Gasteiger partial charge < -0.3 is 10.6 Å². The molecule has 2 N–H and O–H groups in total. The van der Waals surface area contributed by atoms with E-state index in [1.54, 1.807) is 24.3 Å². The van der Waals surface area contributed by atoms with Gasteiger partial charge in [-0.25, -0.2) is 0 Å². The summed E-state index contributed by atoms with van der Waals surface area (Å²) in [4.78, 5) is 18.0. The fourth-order valence-corrected chi connectivity index (χ4v) is 1.96. The van der Waals surface area contributed by atoms with Gasteiger partial charge in [0.2, 0.25) is 5.91 Å². The van der Waals surface area contributed by atoms with Crippen molar-refractivity contribution in [1.82, 2.24) is 4.98 Å². The van der Waals surface area contributed by atoms with Gasteiger partial charge in [0.25, 0.3) is 0 Å². The second-order valence-electron chi connectivity index (χ2n) is 4.49. The number of pyridine rings is 1. The Morgan fingerprint density at radius 1 is 1.26 bits per heavy atom. The maximum Gasteiger partial charge on any atom is 0.233 e. The summed E-state index contributed by atoms with van der Waals surface area (Å²) >= 11 is 0. The van der Waals surface area contributed by atoms with Gasteiger partial charge in [0.05, 0.1) is 5.92 Å². The van der Waals surface area contributed by atoms with Crippen molar-refractivity contribution in [2.75, 3.05) is 17.7 Å². The molecule has 1 amide bonds. The zero-order chi connectivity index (χ0) is 13.8. The molecule has 2 rings (SSSR count). The quantitative estimate of drug-likeness (QED) is 0.857. The third-order valence-electron chi connectivity index (χ3n) is 3.16. The third kappa shape index (κ3) is 2.91. The number of amides is 1. The van der Waals surface area contributed by atoms with Crippen LogP contribution in [0.15, 0.2) is 48.8 Å². The van der Waals surface area contributed by atoms with Crippen molar-refractivity contribution in [1.29, 1.82) is 0 Å². The van der Waals surface area contributed by atoms with Crippen LogP contribution in [0.4, 0.5) is 11.4 Å². The lowest BCUT2D eigenvalue weighted by molar-refractivity contribution is -0.119. The first-order valence-electron chi connectivity index (χ1n) is 6.12. The maximum absolute atomic E-state index is 12.4. The molecule has 0 saturated heterocycles. The zero-order valence-corrected chi connectivity index (χ0v) is 11.1. The molecule has 1 aromatic carbocycles. The molecule has 4 heteroatoms. The molecule has 0 fully saturated rings. The molecule has 19 heavy (non-hydrogen) atoms. The highest BCUT2D eigenvalue weighted by Crippen LogP contribution is 2.22. The third-order valence-corrected chi connectivity index (χ3v) is 3.16. The Balaban J connectivity index is 2.20. The number of benzene rings is 1. The Hall–Kier alpha value is -2.36. The van der Waals surface area contributed by atoms with E-state index in [1.807, 2.05) is 43.3 Å². The molecule has 0 aliphatic carbocycles. The van der Waals surface area contributed by atoms with Crippen LogP contribution >= 0.6 is 0 Å². The van der Waals surface area contributed by atoms with Gasteiger partial charge in [-0.15, -0.1) is 0 Å². The van der Waals surface area contributed by atoms with Gasteiger partial charge >= 0.3 is 0 Å². The molecular weight excluding hydrogens is 238 g/mol. The van der Waals surface area contributed by atoms with Crippen LogP contribution in [0.25, 0.3) is 0 Å². The number of nitrogen functional groups attached to an aromatic ring is 1. The van der Waals surface area contributed by atoms with E-state index in [2.05, 4.69) is 4.98 Å². The highest BCUT2D eigenvalue weighted by molar-refractivity contribution is 5.97. The normalized spacial score (nSPS) is 11.9. The predicted octanol–water partition coefficient (Wildman–Crippen LogP) is 2.43. The average Bonchev–Trinajstić information content (AvgIpc) is 2.46. The number of anilines is 2. The largest absolute Gasteiger partial charge is 0.399 e. The fraction of sp³-hybridized carbons (Fsp3) is 0.200. The van der Waals surface area contributed by atoms with Gasteiger partial charge in [0, 0.05) is 30.8 Å². The van der Waals surface area contributed by atoms with Gasteiger partial charge in [-0.1, -0.05) is 12.1 Å². The van der Waals surface area contributed by atoms with E-state index in [0.717, 1.165) is 11.3 Å². The first kappa shape index (κ1) is 13.1. The Kier molecular flexibility index (Phi) is 3.80. The van der Waals surface area contributed by atoms with Crippen molar-refractivity contribution in [2.45, 2.75) is 12.8 Å². The summed E-state index contributed by atoms with van der Waals surface area (Å²) in [5.41, 5.74) is 8.17. The summed E-state index contributed by atoms with van der Waals surface area (Å²) in [6, 6.07) is 11.0. The SMILES string of the molecule is CC(C(=O)N(C)c1ccncc1)c1cccc(N)c1. The molecule has 4 nitrogen and oxygen atoms in total. The van der Waals surface area contributed by atoms with Gasteiger partial charge in [0.1, 0.15) is 0 Å². The molecule has 0 aliphatic rings. The predicted molar refractivity (Wildman–Crippen MR) is 76.9 cm³/mol. The molecule has 1 atom stereocenters. The van der Waals surface area contributed by atoms with Gasteiger partial charge in [-0.2, -0.15) is 0 Å². The van der Waals surface area contributed by atoms with E-state index in [1.165, 1.54) is 0 Å². The summed E-state index contributed by atoms with van der Waals surface area (Å²) in [5, 5.41) is 0. The van der Waals surface area contributed by atoms with Crippen molar-refractivity contribution in [3.05, 3.63) is 54.4 Å². The highest BCUT2D eigenvalue weighted by atomic mass is 16.2. The number of carbonyl (C=O) groups is 1. The molecule has 2 aromatic rings. The van der Waals surface area contributed by atoms with Crippen LogP contribution in [0.3, 0.4) is 0 Å². The minimum Gasteiger partial charge on any atom is -0.399 e. The smallest absolute Gasteiger partial charge is 0.233 e. The van der Waals surface area contributed by atoms with Gasteiger partial charge in [-0.3, -0.25) is 9.78 Å². The second kappa shape index (κ2) is 5.52. The number of hydrogen-bond acceptors (Lipinski definition) is 3. The van der Waals surface area contributed by atoms with Crippen LogP contribution in [-0.2, 0) is 4.79 Å². The van der Waals surface area contributed by atoms with E-state index in [0.29, 0.717) is 5.69 Å². The number of carbonyl (C=O) groups excluding carboxylic acids is 1. The number of nitrogens with two attached hydrogens (primary N) is 1. The molecule has 1 unspecified atom stereocenters. The number of rotatable bonds is 3. The Bertz CT molecular complexity index is 569. The number of aromatic nitrogens is 1. The van der Waals surface area contributed by atoms with E-state index in [4.69, 9.17) is 5.73 Å². The lowest BCUT2D eigenvalue weighted by Crippen LogP contribution is -2.30. The molecule has 1 heterocycles. The standard InChI is InChI=1S/C15H17N3O/c1-11(12-4-3-5-13(16)10-12)15(19)18(2)14-6-8-17-9-7-14/h3-11H,16H2,1-2H3. The van der Waals surface area contributed by atoms with E-state index in [9.17, 15) is 4.79 Å². The lowest BCUT2D eigenvalue weighted by Gasteiger charge is -2.21. The average molecular weight is 255 g/mol. The lowest BCUT2D eigenvalue weighted by atomic mass is 9.99. The maximum atomic E-state index is 12.4. The summed E-state index contributed by atoms with van der Waals surface area (Å²) in [7, 11) is 1.76. The van der Waals surface area contributed by atoms with E-state index < -0.39 is 0 Å². The van der Waals surface area contributed by atoms with Crippen LogP contribution < -0.4 is 10.6 Å². The summed E-state index contributed by atoms with van der Waals surface area (Å²) in [5.74, 6) is -0.210. The minimum absolute atomic E-state index is 0.0248. The molecule has 0 saturated carbocycles. The molecule has 0 radical (unpaired) electrons. The molecular formula is C15H17N3O. The summed E-state index contributed by atoms with van der Waals surface area (Å²) in [6.45, 7) is 1.88.